The maximum Gasteiger partial charge on any atom is 0.0990 e. The van der Waals surface area contributed by atoms with Crippen molar-refractivity contribution in [3.63, 3.8) is 0 Å². The number of benzene rings is 1. The molecule has 0 saturated carbocycles. The molecule has 2 rings (SSSR count). The molecule has 4 nitrogen and oxygen atoms in total. The summed E-state index contributed by atoms with van der Waals surface area (Å²) in [4.78, 5) is 1.89. The van der Waals surface area contributed by atoms with Gasteiger partial charge in [-0.1, -0.05) is 15.9 Å². The molecule has 0 radical (unpaired) electrons. The Bertz CT molecular complexity index is 362. The van der Waals surface area contributed by atoms with Gasteiger partial charge in [-0.3, -0.25) is 0 Å². The van der Waals surface area contributed by atoms with Crippen molar-refractivity contribution in [2.45, 2.75) is 12.2 Å². The first-order valence-electron chi connectivity index (χ1n) is 4.74. The molecule has 0 aliphatic carbocycles. The quantitative estimate of drug-likeness (QED) is 0.654. The van der Waals surface area contributed by atoms with Crippen LogP contribution in [-0.4, -0.2) is 35.5 Å². The molecule has 0 spiro atoms. The highest BCUT2D eigenvalue weighted by molar-refractivity contribution is 9.10. The van der Waals surface area contributed by atoms with E-state index in [0.717, 1.165) is 10.2 Å². The monoisotopic (exact) mass is 272 g/mol. The number of nitrogen functional groups attached to an aromatic ring is 1. The first-order valence-corrected chi connectivity index (χ1v) is 5.53. The Morgan fingerprint density at radius 2 is 1.87 bits per heavy atom. The zero-order valence-corrected chi connectivity index (χ0v) is 9.68. The largest absolute Gasteiger partial charge is 0.397 e. The number of β-amino-alcohol motifs (C(OH)–C–C–N with tert-alkyl or cyclic N) is 2. The van der Waals surface area contributed by atoms with Gasteiger partial charge < -0.3 is 20.8 Å². The van der Waals surface area contributed by atoms with Crippen molar-refractivity contribution in [1.29, 1.82) is 0 Å². The van der Waals surface area contributed by atoms with Crippen molar-refractivity contribution >= 4 is 27.3 Å². The Labute approximate surface area is 96.4 Å². The van der Waals surface area contributed by atoms with E-state index in [9.17, 15) is 10.2 Å². The zero-order chi connectivity index (χ0) is 11.0. The van der Waals surface area contributed by atoms with E-state index in [4.69, 9.17) is 5.73 Å². The number of hydrogen-bond donors (Lipinski definition) is 3. The molecular weight excluding hydrogens is 260 g/mol. The third kappa shape index (κ3) is 2.09. The van der Waals surface area contributed by atoms with E-state index in [2.05, 4.69) is 15.9 Å². The van der Waals surface area contributed by atoms with Crippen LogP contribution >= 0.6 is 15.9 Å². The molecule has 82 valence electrons. The van der Waals surface area contributed by atoms with E-state index < -0.39 is 12.2 Å². The number of nitrogens with zero attached hydrogens (tertiary/aromatic N) is 1. The number of hydrogen-bond acceptors (Lipinski definition) is 4. The Hall–Kier alpha value is -0.780. The summed E-state index contributed by atoms with van der Waals surface area (Å²) in [6.45, 7) is 0.847. The van der Waals surface area contributed by atoms with Gasteiger partial charge in [0, 0.05) is 17.6 Å². The van der Waals surface area contributed by atoms with Gasteiger partial charge in [-0.15, -0.1) is 0 Å². The van der Waals surface area contributed by atoms with Crippen LogP contribution in [0.2, 0.25) is 0 Å². The lowest BCUT2D eigenvalue weighted by atomic mass is 10.2. The van der Waals surface area contributed by atoms with Crippen LogP contribution in [-0.2, 0) is 0 Å². The van der Waals surface area contributed by atoms with Gasteiger partial charge in [0.2, 0.25) is 0 Å². The topological polar surface area (TPSA) is 69.7 Å². The molecule has 5 heteroatoms. The normalized spacial score (nSPS) is 25.9. The molecule has 4 N–H and O–H groups in total. The van der Waals surface area contributed by atoms with E-state index in [-0.39, 0.29) is 0 Å². The van der Waals surface area contributed by atoms with Gasteiger partial charge >= 0.3 is 0 Å². The van der Waals surface area contributed by atoms with Gasteiger partial charge in [0.15, 0.2) is 0 Å². The molecule has 1 aromatic carbocycles. The van der Waals surface area contributed by atoms with Crippen molar-refractivity contribution in [2.24, 2.45) is 0 Å². The summed E-state index contributed by atoms with van der Waals surface area (Å²) in [6.07, 6.45) is -1.37. The van der Waals surface area contributed by atoms with Crippen LogP contribution in [0.4, 0.5) is 11.4 Å². The SMILES string of the molecule is Nc1cc(Br)ccc1N1CC(O)C(O)C1. The summed E-state index contributed by atoms with van der Waals surface area (Å²) in [5.74, 6) is 0. The lowest BCUT2D eigenvalue weighted by Gasteiger charge is -2.19. The van der Waals surface area contributed by atoms with Crippen LogP contribution in [0, 0.1) is 0 Å². The Morgan fingerprint density at radius 1 is 1.27 bits per heavy atom. The lowest BCUT2D eigenvalue weighted by molar-refractivity contribution is 0.0572. The summed E-state index contributed by atoms with van der Waals surface area (Å²) in [5, 5.41) is 18.9. The summed E-state index contributed by atoms with van der Waals surface area (Å²) in [7, 11) is 0. The van der Waals surface area contributed by atoms with Crippen molar-refractivity contribution in [3.8, 4) is 0 Å². The van der Waals surface area contributed by atoms with Crippen LogP contribution in [0.5, 0.6) is 0 Å². The fourth-order valence-electron chi connectivity index (χ4n) is 1.78. The first kappa shape index (κ1) is 10.7. The molecule has 2 unspecified atom stereocenters. The minimum Gasteiger partial charge on any atom is -0.397 e. The van der Waals surface area contributed by atoms with E-state index >= 15 is 0 Å². The number of aliphatic hydroxyl groups is 2. The first-order chi connectivity index (χ1) is 7.08. The van der Waals surface area contributed by atoms with E-state index in [1.54, 1.807) is 0 Å². The minimum atomic E-state index is -0.687. The summed E-state index contributed by atoms with van der Waals surface area (Å²) in [6, 6.07) is 5.58. The summed E-state index contributed by atoms with van der Waals surface area (Å²) >= 11 is 3.33. The molecule has 1 aliphatic rings. The number of nitrogens with two attached hydrogens (primary N) is 1. The van der Waals surface area contributed by atoms with Crippen molar-refractivity contribution < 1.29 is 10.2 Å². The van der Waals surface area contributed by atoms with Crippen LogP contribution in [0.1, 0.15) is 0 Å². The van der Waals surface area contributed by atoms with Gasteiger partial charge in [-0.25, -0.2) is 0 Å². The van der Waals surface area contributed by atoms with Gasteiger partial charge in [0.05, 0.1) is 23.6 Å². The molecule has 15 heavy (non-hydrogen) atoms. The number of rotatable bonds is 1. The van der Waals surface area contributed by atoms with Gasteiger partial charge in [0.25, 0.3) is 0 Å². The van der Waals surface area contributed by atoms with Crippen LogP contribution in [0.15, 0.2) is 22.7 Å². The molecule has 0 aromatic heterocycles. The minimum absolute atomic E-state index is 0.424. The molecular formula is C10H13BrN2O2. The highest BCUT2D eigenvalue weighted by Crippen LogP contribution is 2.29. The highest BCUT2D eigenvalue weighted by Gasteiger charge is 2.30. The summed E-state index contributed by atoms with van der Waals surface area (Å²) in [5.41, 5.74) is 7.36. The lowest BCUT2D eigenvalue weighted by Crippen LogP contribution is -2.22. The summed E-state index contributed by atoms with van der Waals surface area (Å²) < 4.78 is 0.920. The molecule has 0 amide bonds. The predicted molar refractivity (Wildman–Crippen MR) is 62.8 cm³/mol. The second-order valence-electron chi connectivity index (χ2n) is 3.74. The van der Waals surface area contributed by atoms with E-state index in [1.165, 1.54) is 0 Å². The van der Waals surface area contributed by atoms with Crippen molar-refractivity contribution in [1.82, 2.24) is 0 Å². The smallest absolute Gasteiger partial charge is 0.0990 e. The van der Waals surface area contributed by atoms with Crippen LogP contribution in [0.3, 0.4) is 0 Å². The Balaban J connectivity index is 2.24. The zero-order valence-electron chi connectivity index (χ0n) is 8.10. The Kier molecular flexibility index (Phi) is 2.86. The van der Waals surface area contributed by atoms with Crippen LogP contribution in [0.25, 0.3) is 0 Å². The molecule has 0 bridgehead atoms. The van der Waals surface area contributed by atoms with Gasteiger partial charge in [-0.05, 0) is 18.2 Å². The third-order valence-corrected chi connectivity index (χ3v) is 3.08. The predicted octanol–water partition coefficient (Wildman–Crippen LogP) is 0.573. The fourth-order valence-corrected chi connectivity index (χ4v) is 2.16. The van der Waals surface area contributed by atoms with E-state index in [1.807, 2.05) is 23.1 Å². The molecule has 1 aromatic rings. The number of anilines is 2. The molecule has 1 saturated heterocycles. The Morgan fingerprint density at radius 3 is 2.40 bits per heavy atom. The maximum atomic E-state index is 9.43. The third-order valence-electron chi connectivity index (χ3n) is 2.59. The van der Waals surface area contributed by atoms with Crippen molar-refractivity contribution in [3.05, 3.63) is 22.7 Å². The number of halogens is 1. The maximum absolute atomic E-state index is 9.43. The molecule has 1 heterocycles. The average molecular weight is 273 g/mol. The standard InChI is InChI=1S/C10H13BrN2O2/c11-6-1-2-8(7(12)3-6)13-4-9(14)10(15)5-13/h1-3,9-10,14-15H,4-5,12H2. The molecule has 1 aliphatic heterocycles. The van der Waals surface area contributed by atoms with Crippen LogP contribution < -0.4 is 10.6 Å². The van der Waals surface area contributed by atoms with Gasteiger partial charge in [0.1, 0.15) is 0 Å². The van der Waals surface area contributed by atoms with Crippen molar-refractivity contribution in [2.75, 3.05) is 23.7 Å². The number of aliphatic hydroxyl groups excluding tert-OH is 2. The second-order valence-corrected chi connectivity index (χ2v) is 4.66. The van der Waals surface area contributed by atoms with Gasteiger partial charge in [-0.2, -0.15) is 0 Å². The average Bonchev–Trinajstić information content (AvgIpc) is 2.46. The molecule has 2 atom stereocenters. The van der Waals surface area contributed by atoms with E-state index in [0.29, 0.717) is 18.8 Å². The molecule has 1 fully saturated rings. The second kappa shape index (κ2) is 4.00. The highest BCUT2D eigenvalue weighted by atomic mass is 79.9. The fraction of sp³-hybridized carbons (Fsp3) is 0.400.